The Kier molecular flexibility index (Phi) is 9.02. The van der Waals surface area contributed by atoms with Gasteiger partial charge < -0.3 is 15.0 Å². The van der Waals surface area contributed by atoms with Gasteiger partial charge in [0.15, 0.2) is 0 Å². The average molecular weight is 509 g/mol. The summed E-state index contributed by atoms with van der Waals surface area (Å²) in [6.07, 6.45) is 1.75. The van der Waals surface area contributed by atoms with Crippen LogP contribution in [0.1, 0.15) is 50.5 Å². The first-order valence-electron chi connectivity index (χ1n) is 11.6. The standard InChI is InChI=1S/C27H24Cl2N2O2.C2H6/c1-4-17-14-19(10-13-24(17)30)18-8-11-20(12-9-18)32-15-21-26(31-33-27(21)16(2)3)25-22(28)6-5-7-23(25)29;1-2/h4-14,16H,1,15,30H2,2-3H3;1-2H3. The Hall–Kier alpha value is -3.21. The number of hydrogen-bond donors (Lipinski definition) is 1. The second kappa shape index (κ2) is 12.0. The molecule has 0 aliphatic carbocycles. The molecule has 4 aromatic rings. The number of anilines is 1. The number of benzene rings is 3. The van der Waals surface area contributed by atoms with Gasteiger partial charge in [0.2, 0.25) is 0 Å². The number of nitrogen functional groups attached to an aromatic ring is 1. The van der Waals surface area contributed by atoms with Gasteiger partial charge in [0.25, 0.3) is 0 Å². The minimum atomic E-state index is 0.123. The molecule has 2 N–H and O–H groups in total. The molecule has 0 aliphatic rings. The Morgan fingerprint density at radius 3 is 2.23 bits per heavy atom. The first-order chi connectivity index (χ1) is 16.9. The predicted molar refractivity (Wildman–Crippen MR) is 148 cm³/mol. The second-order valence-electron chi connectivity index (χ2n) is 7.99. The van der Waals surface area contributed by atoms with E-state index in [0.29, 0.717) is 27.0 Å². The first-order valence-corrected chi connectivity index (χ1v) is 12.3. The van der Waals surface area contributed by atoms with E-state index >= 15 is 0 Å². The molecule has 3 aromatic carbocycles. The van der Waals surface area contributed by atoms with E-state index in [1.165, 1.54) is 0 Å². The molecular formula is C29H30Cl2N2O2. The fourth-order valence-electron chi connectivity index (χ4n) is 3.67. The summed E-state index contributed by atoms with van der Waals surface area (Å²) in [6, 6.07) is 19.1. The van der Waals surface area contributed by atoms with Crippen molar-refractivity contribution >= 4 is 35.0 Å². The lowest BCUT2D eigenvalue weighted by Crippen LogP contribution is -2.01. The molecule has 1 aromatic heterocycles. The van der Waals surface area contributed by atoms with E-state index < -0.39 is 0 Å². The van der Waals surface area contributed by atoms with Crippen LogP contribution >= 0.6 is 23.2 Å². The molecule has 0 fully saturated rings. The van der Waals surface area contributed by atoms with Crippen molar-refractivity contribution in [3.05, 3.63) is 94.2 Å². The quantitative estimate of drug-likeness (QED) is 0.252. The molecule has 35 heavy (non-hydrogen) atoms. The van der Waals surface area contributed by atoms with Crippen LogP contribution in [0.15, 0.2) is 71.8 Å². The molecule has 6 heteroatoms. The smallest absolute Gasteiger partial charge is 0.146 e. The molecule has 0 amide bonds. The lowest BCUT2D eigenvalue weighted by molar-refractivity contribution is 0.298. The lowest BCUT2D eigenvalue weighted by atomic mass is 10.0. The van der Waals surface area contributed by atoms with Crippen LogP contribution in [0.3, 0.4) is 0 Å². The summed E-state index contributed by atoms with van der Waals surface area (Å²) in [6.45, 7) is 12.2. The average Bonchev–Trinajstić information content (AvgIpc) is 3.28. The van der Waals surface area contributed by atoms with Crippen molar-refractivity contribution in [3.63, 3.8) is 0 Å². The molecule has 0 bridgehead atoms. The third-order valence-electron chi connectivity index (χ3n) is 5.42. The van der Waals surface area contributed by atoms with Gasteiger partial charge in [-0.15, -0.1) is 0 Å². The Morgan fingerprint density at radius 1 is 1.00 bits per heavy atom. The van der Waals surface area contributed by atoms with Gasteiger partial charge in [-0.2, -0.15) is 0 Å². The highest BCUT2D eigenvalue weighted by molar-refractivity contribution is 6.39. The summed E-state index contributed by atoms with van der Waals surface area (Å²) >= 11 is 12.9. The van der Waals surface area contributed by atoms with E-state index in [0.717, 1.165) is 33.8 Å². The number of halogens is 2. The number of hydrogen-bond acceptors (Lipinski definition) is 4. The van der Waals surface area contributed by atoms with Crippen molar-refractivity contribution in [2.45, 2.75) is 40.2 Å². The van der Waals surface area contributed by atoms with Crippen LogP contribution in [-0.2, 0) is 6.61 Å². The Balaban J connectivity index is 0.00000167. The minimum absolute atomic E-state index is 0.123. The van der Waals surface area contributed by atoms with E-state index in [9.17, 15) is 0 Å². The Morgan fingerprint density at radius 2 is 1.63 bits per heavy atom. The maximum absolute atomic E-state index is 6.43. The van der Waals surface area contributed by atoms with Gasteiger partial charge in [-0.3, -0.25) is 0 Å². The third kappa shape index (κ3) is 5.90. The van der Waals surface area contributed by atoms with Crippen LogP contribution in [0.5, 0.6) is 5.75 Å². The van der Waals surface area contributed by atoms with E-state index in [2.05, 4.69) is 11.7 Å². The Bertz CT molecular complexity index is 1270. The molecule has 0 unspecified atom stereocenters. The molecule has 0 saturated heterocycles. The number of rotatable bonds is 7. The van der Waals surface area contributed by atoms with Gasteiger partial charge in [0, 0.05) is 17.2 Å². The number of ether oxygens (including phenoxy) is 1. The highest BCUT2D eigenvalue weighted by Crippen LogP contribution is 2.39. The first kappa shape index (κ1) is 26.4. The molecule has 4 nitrogen and oxygen atoms in total. The molecular weight excluding hydrogens is 479 g/mol. The zero-order valence-electron chi connectivity index (χ0n) is 20.4. The van der Waals surface area contributed by atoms with Gasteiger partial charge >= 0.3 is 0 Å². The SMILES string of the molecule is C=Cc1cc(-c2ccc(OCc3c(-c4c(Cl)cccc4Cl)noc3C(C)C)cc2)ccc1N.CC. The van der Waals surface area contributed by atoms with Crippen LogP contribution in [-0.4, -0.2) is 5.16 Å². The molecule has 0 saturated carbocycles. The van der Waals surface area contributed by atoms with Crippen molar-refractivity contribution < 1.29 is 9.26 Å². The fraction of sp³-hybridized carbons (Fsp3) is 0.207. The molecule has 1 heterocycles. The molecule has 182 valence electrons. The predicted octanol–water partition coefficient (Wildman–Crippen LogP) is 9.27. The summed E-state index contributed by atoms with van der Waals surface area (Å²) in [5.41, 5.74) is 11.8. The van der Waals surface area contributed by atoms with E-state index in [1.54, 1.807) is 24.3 Å². The summed E-state index contributed by atoms with van der Waals surface area (Å²) in [5.74, 6) is 1.60. The van der Waals surface area contributed by atoms with Crippen molar-refractivity contribution in [1.29, 1.82) is 0 Å². The topological polar surface area (TPSA) is 61.3 Å². The number of nitrogens with two attached hydrogens (primary N) is 1. The van der Waals surface area contributed by atoms with Crippen LogP contribution in [0, 0.1) is 0 Å². The van der Waals surface area contributed by atoms with Crippen LogP contribution in [0.2, 0.25) is 10.0 Å². The van der Waals surface area contributed by atoms with Crippen LogP contribution in [0.4, 0.5) is 5.69 Å². The maximum atomic E-state index is 6.43. The zero-order valence-corrected chi connectivity index (χ0v) is 22.0. The fourth-order valence-corrected chi connectivity index (χ4v) is 4.24. The largest absolute Gasteiger partial charge is 0.489 e. The van der Waals surface area contributed by atoms with Crippen LogP contribution in [0.25, 0.3) is 28.5 Å². The number of aromatic nitrogens is 1. The summed E-state index contributed by atoms with van der Waals surface area (Å²) in [7, 11) is 0. The lowest BCUT2D eigenvalue weighted by Gasteiger charge is -2.11. The molecule has 0 atom stereocenters. The summed E-state index contributed by atoms with van der Waals surface area (Å²) < 4.78 is 11.8. The van der Waals surface area contributed by atoms with Crippen LogP contribution < -0.4 is 10.5 Å². The van der Waals surface area contributed by atoms with Crippen molar-refractivity contribution in [1.82, 2.24) is 5.16 Å². The highest BCUT2D eigenvalue weighted by Gasteiger charge is 2.23. The second-order valence-corrected chi connectivity index (χ2v) is 8.80. The van der Waals surface area contributed by atoms with E-state index in [4.69, 9.17) is 38.2 Å². The monoisotopic (exact) mass is 508 g/mol. The van der Waals surface area contributed by atoms with Crippen molar-refractivity contribution in [2.24, 2.45) is 0 Å². The normalized spacial score (nSPS) is 10.6. The van der Waals surface area contributed by atoms with Gasteiger partial charge in [-0.1, -0.05) is 93.0 Å². The zero-order chi connectivity index (χ0) is 25.5. The summed E-state index contributed by atoms with van der Waals surface area (Å²) in [4.78, 5) is 0. The highest BCUT2D eigenvalue weighted by atomic mass is 35.5. The third-order valence-corrected chi connectivity index (χ3v) is 6.05. The molecule has 4 rings (SSSR count). The van der Waals surface area contributed by atoms with Gasteiger partial charge in [0.05, 0.1) is 15.6 Å². The Labute approximate surface area is 217 Å². The van der Waals surface area contributed by atoms with Gasteiger partial charge in [-0.25, -0.2) is 0 Å². The minimum Gasteiger partial charge on any atom is -0.489 e. The van der Waals surface area contributed by atoms with Gasteiger partial charge in [-0.05, 0) is 53.1 Å². The van der Waals surface area contributed by atoms with Crippen molar-refractivity contribution in [3.8, 4) is 28.1 Å². The van der Waals surface area contributed by atoms with E-state index in [1.807, 2.05) is 70.2 Å². The summed E-state index contributed by atoms with van der Waals surface area (Å²) in [5, 5.41) is 5.30. The van der Waals surface area contributed by atoms with E-state index in [-0.39, 0.29) is 12.5 Å². The number of nitrogens with zero attached hydrogens (tertiary/aromatic N) is 1. The molecule has 0 spiro atoms. The van der Waals surface area contributed by atoms with Gasteiger partial charge in [0.1, 0.15) is 23.8 Å². The molecule has 0 radical (unpaired) electrons. The molecule has 0 aliphatic heterocycles. The van der Waals surface area contributed by atoms with Crippen molar-refractivity contribution in [2.75, 3.05) is 5.73 Å². The maximum Gasteiger partial charge on any atom is 0.146 e.